The molecule has 1 aliphatic heterocycles. The molecule has 1 aliphatic rings. The summed E-state index contributed by atoms with van der Waals surface area (Å²) in [5.74, 6) is -0.581. The SMILES string of the molecule is O=C(CN1CCN(Cc2ccc(F)c(Cl)c2)CC1)Nc1cc(Cl)c(Cl)cc1Cl. The van der Waals surface area contributed by atoms with Gasteiger partial charge in [-0.25, -0.2) is 4.39 Å². The molecule has 28 heavy (non-hydrogen) atoms. The Morgan fingerprint density at radius 3 is 2.21 bits per heavy atom. The monoisotopic (exact) mass is 463 g/mol. The zero-order valence-electron chi connectivity index (χ0n) is 14.8. The first-order chi connectivity index (χ1) is 13.3. The summed E-state index contributed by atoms with van der Waals surface area (Å²) in [4.78, 5) is 16.6. The number of benzene rings is 2. The predicted molar refractivity (Wildman–Crippen MR) is 113 cm³/mol. The summed E-state index contributed by atoms with van der Waals surface area (Å²) >= 11 is 23.8. The molecule has 150 valence electrons. The van der Waals surface area contributed by atoms with Crippen LogP contribution in [0.5, 0.6) is 0 Å². The summed E-state index contributed by atoms with van der Waals surface area (Å²) in [6.07, 6.45) is 0. The molecular formula is C19H18Cl4FN3O. The summed E-state index contributed by atoms with van der Waals surface area (Å²) in [6.45, 7) is 4.05. The fourth-order valence-corrected chi connectivity index (χ4v) is 3.81. The molecule has 1 heterocycles. The maximum Gasteiger partial charge on any atom is 0.238 e. The molecule has 0 saturated carbocycles. The standard InChI is InChI=1S/C19H18Cl4FN3O/c20-13-8-16(23)18(9-14(13)21)25-19(28)11-27-5-3-26(4-6-27)10-12-1-2-17(24)15(22)7-12/h1-2,7-9H,3-6,10-11H2,(H,25,28). The van der Waals surface area contributed by atoms with Gasteiger partial charge in [0.25, 0.3) is 0 Å². The van der Waals surface area contributed by atoms with E-state index in [1.807, 2.05) is 0 Å². The van der Waals surface area contributed by atoms with Crippen LogP contribution in [0.25, 0.3) is 0 Å². The van der Waals surface area contributed by atoms with Crippen LogP contribution in [0.4, 0.5) is 10.1 Å². The number of hydrogen-bond donors (Lipinski definition) is 1. The van der Waals surface area contributed by atoms with Crippen molar-refractivity contribution in [2.75, 3.05) is 38.0 Å². The van der Waals surface area contributed by atoms with Crippen LogP contribution in [0.2, 0.25) is 20.1 Å². The lowest BCUT2D eigenvalue weighted by molar-refractivity contribution is -0.117. The number of nitrogens with zero attached hydrogens (tertiary/aromatic N) is 2. The molecule has 0 aliphatic carbocycles. The van der Waals surface area contributed by atoms with Gasteiger partial charge in [-0.15, -0.1) is 0 Å². The highest BCUT2D eigenvalue weighted by molar-refractivity contribution is 6.44. The molecule has 9 heteroatoms. The summed E-state index contributed by atoms with van der Waals surface area (Å²) in [5.41, 5.74) is 1.40. The van der Waals surface area contributed by atoms with Gasteiger partial charge in [-0.1, -0.05) is 52.5 Å². The lowest BCUT2D eigenvalue weighted by Crippen LogP contribution is -2.48. The topological polar surface area (TPSA) is 35.6 Å². The number of nitrogens with one attached hydrogen (secondary N) is 1. The predicted octanol–water partition coefficient (Wildman–Crippen LogP) is 5.20. The third kappa shape index (κ3) is 5.72. The van der Waals surface area contributed by atoms with Gasteiger partial charge in [0.2, 0.25) is 5.91 Å². The second kappa shape index (κ2) is 9.61. The van der Waals surface area contributed by atoms with Crippen molar-refractivity contribution >= 4 is 58.0 Å². The van der Waals surface area contributed by atoms with E-state index >= 15 is 0 Å². The first-order valence-electron chi connectivity index (χ1n) is 8.65. The minimum Gasteiger partial charge on any atom is -0.324 e. The third-order valence-corrected chi connectivity index (χ3v) is 5.83. The largest absolute Gasteiger partial charge is 0.324 e. The van der Waals surface area contributed by atoms with E-state index in [2.05, 4.69) is 15.1 Å². The van der Waals surface area contributed by atoms with Gasteiger partial charge in [-0.3, -0.25) is 14.6 Å². The molecule has 0 aromatic heterocycles. The van der Waals surface area contributed by atoms with Gasteiger partial charge >= 0.3 is 0 Å². The van der Waals surface area contributed by atoms with Crippen LogP contribution in [-0.4, -0.2) is 48.4 Å². The molecule has 2 aromatic rings. The zero-order chi connectivity index (χ0) is 20.3. The highest BCUT2D eigenvalue weighted by atomic mass is 35.5. The zero-order valence-corrected chi connectivity index (χ0v) is 17.8. The average Bonchev–Trinajstić information content (AvgIpc) is 2.64. The van der Waals surface area contributed by atoms with Gasteiger partial charge in [0.15, 0.2) is 0 Å². The minimum atomic E-state index is -0.414. The average molecular weight is 465 g/mol. The normalized spacial score (nSPS) is 15.6. The quantitative estimate of drug-likeness (QED) is 0.618. The maximum atomic E-state index is 13.3. The van der Waals surface area contributed by atoms with Crippen LogP contribution < -0.4 is 5.32 Å². The number of anilines is 1. The maximum absolute atomic E-state index is 13.3. The number of carbonyl (C=O) groups excluding carboxylic acids is 1. The Bertz CT molecular complexity index is 872. The number of halogens is 5. The summed E-state index contributed by atoms with van der Waals surface area (Å²) < 4.78 is 13.3. The highest BCUT2D eigenvalue weighted by Crippen LogP contribution is 2.32. The second-order valence-electron chi connectivity index (χ2n) is 6.60. The highest BCUT2D eigenvalue weighted by Gasteiger charge is 2.20. The van der Waals surface area contributed by atoms with Gasteiger partial charge in [0.1, 0.15) is 5.82 Å². The van der Waals surface area contributed by atoms with Crippen molar-refractivity contribution in [3.63, 3.8) is 0 Å². The lowest BCUT2D eigenvalue weighted by atomic mass is 10.2. The van der Waals surface area contributed by atoms with Crippen molar-refractivity contribution in [1.29, 1.82) is 0 Å². The molecule has 0 radical (unpaired) electrons. The van der Waals surface area contributed by atoms with Crippen LogP contribution in [0.15, 0.2) is 30.3 Å². The van der Waals surface area contributed by atoms with Gasteiger partial charge in [0.05, 0.1) is 32.3 Å². The van der Waals surface area contributed by atoms with Crippen molar-refractivity contribution in [2.24, 2.45) is 0 Å². The molecule has 1 fully saturated rings. The van der Waals surface area contributed by atoms with Crippen molar-refractivity contribution in [3.8, 4) is 0 Å². The number of rotatable bonds is 5. The van der Waals surface area contributed by atoms with E-state index < -0.39 is 5.82 Å². The molecule has 4 nitrogen and oxygen atoms in total. The minimum absolute atomic E-state index is 0.133. The molecule has 1 amide bonds. The molecule has 0 unspecified atom stereocenters. The van der Waals surface area contributed by atoms with Crippen molar-refractivity contribution < 1.29 is 9.18 Å². The van der Waals surface area contributed by atoms with E-state index in [-0.39, 0.29) is 17.5 Å². The molecule has 0 bridgehead atoms. The smallest absolute Gasteiger partial charge is 0.238 e. The van der Waals surface area contributed by atoms with Gasteiger partial charge in [-0.05, 0) is 29.8 Å². The number of hydrogen-bond acceptors (Lipinski definition) is 3. The molecule has 1 saturated heterocycles. The Morgan fingerprint density at radius 1 is 0.893 bits per heavy atom. The van der Waals surface area contributed by atoms with E-state index in [1.165, 1.54) is 18.2 Å². The number of piperazine rings is 1. The van der Waals surface area contributed by atoms with Crippen molar-refractivity contribution in [3.05, 3.63) is 61.8 Å². The molecule has 0 spiro atoms. The third-order valence-electron chi connectivity index (χ3n) is 4.51. The van der Waals surface area contributed by atoms with Gasteiger partial charge < -0.3 is 5.32 Å². The Kier molecular flexibility index (Phi) is 7.42. The lowest BCUT2D eigenvalue weighted by Gasteiger charge is -2.34. The van der Waals surface area contributed by atoms with Crippen LogP contribution in [0.3, 0.4) is 0 Å². The fraction of sp³-hybridized carbons (Fsp3) is 0.316. The molecule has 1 N–H and O–H groups in total. The van der Waals surface area contributed by atoms with Crippen molar-refractivity contribution in [2.45, 2.75) is 6.54 Å². The Morgan fingerprint density at radius 2 is 1.54 bits per heavy atom. The van der Waals surface area contributed by atoms with Crippen molar-refractivity contribution in [1.82, 2.24) is 9.80 Å². The fourth-order valence-electron chi connectivity index (χ4n) is 3.01. The Hall–Kier alpha value is -1.08. The van der Waals surface area contributed by atoms with Crippen LogP contribution in [-0.2, 0) is 11.3 Å². The summed E-state index contributed by atoms with van der Waals surface area (Å²) in [6, 6.07) is 7.81. The molecular weight excluding hydrogens is 447 g/mol. The van der Waals surface area contributed by atoms with Gasteiger partial charge in [0, 0.05) is 32.7 Å². The number of amides is 1. The van der Waals surface area contributed by atoms with Gasteiger partial charge in [-0.2, -0.15) is 0 Å². The summed E-state index contributed by atoms with van der Waals surface area (Å²) in [7, 11) is 0. The Balaban J connectivity index is 1.48. The second-order valence-corrected chi connectivity index (χ2v) is 8.22. The summed E-state index contributed by atoms with van der Waals surface area (Å²) in [5, 5.41) is 3.91. The molecule has 0 atom stereocenters. The van der Waals surface area contributed by atoms with E-state index in [9.17, 15) is 9.18 Å². The first-order valence-corrected chi connectivity index (χ1v) is 10.2. The van der Waals surface area contributed by atoms with E-state index in [0.717, 1.165) is 31.7 Å². The van der Waals surface area contributed by atoms with E-state index in [0.29, 0.717) is 27.3 Å². The molecule has 3 rings (SSSR count). The van der Waals surface area contributed by atoms with Crippen LogP contribution in [0.1, 0.15) is 5.56 Å². The first kappa shape index (κ1) is 21.6. The Labute approximate surface area is 183 Å². The van der Waals surface area contributed by atoms with Crippen LogP contribution in [0, 0.1) is 5.82 Å². The van der Waals surface area contributed by atoms with E-state index in [1.54, 1.807) is 12.1 Å². The molecule has 2 aromatic carbocycles. The van der Waals surface area contributed by atoms with E-state index in [4.69, 9.17) is 46.4 Å². The van der Waals surface area contributed by atoms with Crippen LogP contribution >= 0.6 is 46.4 Å². The number of carbonyl (C=O) groups is 1.